The molecule has 0 N–H and O–H groups in total. The maximum absolute atomic E-state index is 3.21. The molecule has 0 atom stereocenters. The van der Waals surface area contributed by atoms with E-state index in [2.05, 4.69) is 51.2 Å². The molecule has 2 aliphatic rings. The molecule has 3 heteroatoms. The summed E-state index contributed by atoms with van der Waals surface area (Å²) < 4.78 is 1.51. The summed E-state index contributed by atoms with van der Waals surface area (Å²) in [6.45, 7) is 6.40. The van der Waals surface area contributed by atoms with E-state index in [0.29, 0.717) is 0 Å². The van der Waals surface area contributed by atoms with Crippen LogP contribution in [0.4, 0.5) is 0 Å². The minimum atomic E-state index is 0. The van der Waals surface area contributed by atoms with Crippen LogP contribution in [0.15, 0.2) is 36.0 Å². The van der Waals surface area contributed by atoms with Crippen molar-refractivity contribution in [2.24, 2.45) is 0 Å². The number of halogens is 2. The van der Waals surface area contributed by atoms with Crippen LogP contribution < -0.4 is 0 Å². The minimum Gasteiger partial charge on any atom is -0.273 e. The Labute approximate surface area is 139 Å². The fourth-order valence-corrected chi connectivity index (χ4v) is 1.03. The van der Waals surface area contributed by atoms with Gasteiger partial charge in [-0.25, -0.2) is 23.8 Å². The van der Waals surface area contributed by atoms with Crippen LogP contribution in [0.5, 0.6) is 0 Å². The van der Waals surface area contributed by atoms with E-state index in [4.69, 9.17) is 0 Å². The molecule has 0 unspecified atom stereocenters. The van der Waals surface area contributed by atoms with Gasteiger partial charge in [0.1, 0.15) is 0 Å². The molecule has 0 spiro atoms. The van der Waals surface area contributed by atoms with Crippen molar-refractivity contribution in [3.63, 3.8) is 0 Å². The van der Waals surface area contributed by atoms with E-state index in [1.165, 1.54) is 8.78 Å². The average Bonchev–Trinajstić information content (AvgIpc) is 2.94. The van der Waals surface area contributed by atoms with Crippen LogP contribution in [0.1, 0.15) is 40.0 Å². The number of allylic oxidation sites excluding steroid dienone is 8. The van der Waals surface area contributed by atoms with Gasteiger partial charge in [0.2, 0.25) is 0 Å². The van der Waals surface area contributed by atoms with Crippen molar-refractivity contribution in [1.82, 2.24) is 0 Å². The van der Waals surface area contributed by atoms with E-state index in [1.54, 1.807) is 24.2 Å². The van der Waals surface area contributed by atoms with Gasteiger partial charge in [-0.3, -0.25) is 12.2 Å². The number of rotatable bonds is 1. The third kappa shape index (κ3) is 18.7. The first kappa shape index (κ1) is 23.4. The maximum atomic E-state index is 3.21. The van der Waals surface area contributed by atoms with Crippen molar-refractivity contribution in [2.75, 3.05) is 0 Å². The molecule has 0 aliphatic heterocycles. The summed E-state index contributed by atoms with van der Waals surface area (Å²) in [4.78, 5) is 0. The summed E-state index contributed by atoms with van der Waals surface area (Å²) in [5.41, 5.74) is 1.36. The average molecular weight is 364 g/mol. The second-order valence-electron chi connectivity index (χ2n) is 3.67. The molecule has 0 nitrogen and oxygen atoms in total. The van der Waals surface area contributed by atoms with E-state index in [0.717, 1.165) is 19.3 Å². The van der Waals surface area contributed by atoms with Gasteiger partial charge < -0.3 is 0 Å². The van der Waals surface area contributed by atoms with E-state index < -0.39 is 0 Å². The topological polar surface area (TPSA) is 0 Å². The minimum absolute atomic E-state index is 0. The molecule has 0 aromatic carbocycles. The SMILES string of the molecule is CCC1=[C-]CC=C1.C[C](C)=[Zr+2].Cl.Cl.[C-]1=CC=CC1. The first-order chi connectivity index (χ1) is 7.66. The predicted octanol–water partition coefficient (Wildman–Crippen LogP) is 4.98. The Bertz CT molecular complexity index is 298. The summed E-state index contributed by atoms with van der Waals surface area (Å²) in [6.07, 6.45) is 19.7. The number of hydrogen-bond donors (Lipinski definition) is 0. The fourth-order valence-electron chi connectivity index (χ4n) is 1.03. The molecule has 2 rings (SSSR count). The first-order valence-electron chi connectivity index (χ1n) is 5.66. The zero-order valence-electron chi connectivity index (χ0n) is 11.3. The second-order valence-corrected chi connectivity index (χ2v) is 6.12. The summed E-state index contributed by atoms with van der Waals surface area (Å²) >= 11 is 1.55. The van der Waals surface area contributed by atoms with E-state index in [1.807, 2.05) is 12.2 Å². The summed E-state index contributed by atoms with van der Waals surface area (Å²) in [7, 11) is 0. The van der Waals surface area contributed by atoms with Crippen LogP contribution in [-0.4, -0.2) is 3.21 Å². The molecule has 0 aromatic heterocycles. The zero-order chi connectivity index (χ0) is 12.2. The van der Waals surface area contributed by atoms with Gasteiger partial charge in [-0.15, -0.1) is 37.7 Å². The molecular formula is C15H22Cl2Zr. The molecule has 0 radical (unpaired) electrons. The Kier molecular flexibility index (Phi) is 22.5. The van der Waals surface area contributed by atoms with Crippen LogP contribution >= 0.6 is 24.8 Å². The van der Waals surface area contributed by atoms with E-state index in [-0.39, 0.29) is 24.8 Å². The third-order valence-electron chi connectivity index (χ3n) is 1.73. The van der Waals surface area contributed by atoms with Crippen molar-refractivity contribution >= 4 is 28.0 Å². The first-order valence-corrected chi connectivity index (χ1v) is 6.89. The Balaban J connectivity index is -0.000000185. The summed E-state index contributed by atoms with van der Waals surface area (Å²) in [5.74, 6) is 0. The summed E-state index contributed by atoms with van der Waals surface area (Å²) in [6, 6.07) is 0. The monoisotopic (exact) mass is 362 g/mol. The molecule has 0 heterocycles. The predicted molar refractivity (Wildman–Crippen MR) is 83.2 cm³/mol. The molecular weight excluding hydrogens is 342 g/mol. The normalized spacial score (nSPS) is 13.3. The van der Waals surface area contributed by atoms with Crippen molar-refractivity contribution in [1.29, 1.82) is 0 Å². The van der Waals surface area contributed by atoms with Crippen molar-refractivity contribution in [3.05, 3.63) is 48.1 Å². The van der Waals surface area contributed by atoms with Crippen molar-refractivity contribution < 1.29 is 24.2 Å². The van der Waals surface area contributed by atoms with E-state index >= 15 is 0 Å². The molecule has 0 amide bonds. The van der Waals surface area contributed by atoms with Gasteiger partial charge in [-0.05, 0) is 0 Å². The van der Waals surface area contributed by atoms with Crippen LogP contribution in [0.3, 0.4) is 0 Å². The molecule has 0 aromatic rings. The quantitative estimate of drug-likeness (QED) is 0.576. The molecule has 0 fully saturated rings. The van der Waals surface area contributed by atoms with Crippen LogP contribution in [-0.2, 0) is 24.2 Å². The molecule has 100 valence electrons. The van der Waals surface area contributed by atoms with Gasteiger partial charge in [0.05, 0.1) is 0 Å². The standard InChI is InChI=1S/C7H9.C5H5.C3H6.2ClH.Zr/c1-2-7-5-3-4-6-7;1-2-4-5-3-1;1-3-2;;;/h3,5H,2,4H2,1H3;1-3H,4H2;1-2H3;2*1H;/q2*-1;;;;+2. The van der Waals surface area contributed by atoms with Gasteiger partial charge >= 0.3 is 41.3 Å². The molecule has 0 saturated carbocycles. The Morgan fingerprint density at radius 1 is 1.22 bits per heavy atom. The van der Waals surface area contributed by atoms with Gasteiger partial charge in [-0.2, -0.15) is 12.2 Å². The van der Waals surface area contributed by atoms with Crippen LogP contribution in [0, 0.1) is 12.2 Å². The van der Waals surface area contributed by atoms with Gasteiger partial charge in [-0.1, -0.05) is 13.3 Å². The molecule has 0 saturated heterocycles. The number of hydrogen-bond acceptors (Lipinski definition) is 0. The van der Waals surface area contributed by atoms with E-state index in [9.17, 15) is 0 Å². The summed E-state index contributed by atoms with van der Waals surface area (Å²) in [5, 5.41) is 0. The third-order valence-corrected chi connectivity index (χ3v) is 1.73. The molecule has 18 heavy (non-hydrogen) atoms. The Morgan fingerprint density at radius 2 is 1.83 bits per heavy atom. The Hall–Kier alpha value is 0.293. The maximum Gasteiger partial charge on any atom is -0.109 e. The molecule has 0 bridgehead atoms. The van der Waals surface area contributed by atoms with Crippen LogP contribution in [0.25, 0.3) is 0 Å². The zero-order valence-corrected chi connectivity index (χ0v) is 15.4. The van der Waals surface area contributed by atoms with Crippen molar-refractivity contribution in [2.45, 2.75) is 40.0 Å². The fraction of sp³-hybridized carbons (Fsp3) is 0.400. The van der Waals surface area contributed by atoms with Crippen molar-refractivity contribution in [3.8, 4) is 0 Å². The molecule has 2 aliphatic carbocycles. The van der Waals surface area contributed by atoms with Gasteiger partial charge in [0.25, 0.3) is 0 Å². The van der Waals surface area contributed by atoms with Crippen LogP contribution in [0.2, 0.25) is 0 Å². The van der Waals surface area contributed by atoms with Gasteiger partial charge in [0, 0.05) is 0 Å². The largest absolute Gasteiger partial charge is 0.273 e. The smallest absolute Gasteiger partial charge is 0.109 e. The Morgan fingerprint density at radius 3 is 2.00 bits per heavy atom. The van der Waals surface area contributed by atoms with Gasteiger partial charge in [0.15, 0.2) is 0 Å². The second kappa shape index (κ2) is 17.3.